The van der Waals surface area contributed by atoms with E-state index in [1.807, 2.05) is 0 Å². The predicted molar refractivity (Wildman–Crippen MR) is 155 cm³/mol. The summed E-state index contributed by atoms with van der Waals surface area (Å²) in [6.45, 7) is 1.25. The van der Waals surface area contributed by atoms with Gasteiger partial charge in [0.25, 0.3) is 0 Å². The zero-order chi connectivity index (χ0) is 32.6. The number of hydrogen-bond acceptors (Lipinski definition) is 7. The van der Waals surface area contributed by atoms with E-state index in [1.54, 1.807) is 0 Å². The van der Waals surface area contributed by atoms with Crippen molar-refractivity contribution in [3.8, 4) is 0 Å². The smallest absolute Gasteiger partial charge is 0.326 e. The van der Waals surface area contributed by atoms with Crippen LogP contribution in [0.2, 0.25) is 0 Å². The lowest BCUT2D eigenvalue weighted by Gasteiger charge is -2.17. The van der Waals surface area contributed by atoms with Gasteiger partial charge in [0.05, 0.1) is 0 Å². The highest BCUT2D eigenvalue weighted by Crippen LogP contribution is 2.13. The van der Waals surface area contributed by atoms with Crippen molar-refractivity contribution in [2.24, 2.45) is 0 Å². The van der Waals surface area contributed by atoms with Crippen molar-refractivity contribution in [1.29, 1.82) is 0 Å². The molecule has 0 fully saturated rings. The van der Waals surface area contributed by atoms with Gasteiger partial charge in [0, 0.05) is 25.7 Å². The first-order chi connectivity index (χ1) is 20.3. The van der Waals surface area contributed by atoms with Crippen LogP contribution in [0.15, 0.2) is 0 Å². The van der Waals surface area contributed by atoms with Crippen LogP contribution < -0.4 is 16.0 Å². The van der Waals surface area contributed by atoms with E-state index in [9.17, 15) is 43.8 Å². The first kappa shape index (κ1) is 39.3. The fourth-order valence-corrected chi connectivity index (χ4v) is 4.30. The molecule has 0 aliphatic rings. The van der Waals surface area contributed by atoms with Crippen LogP contribution in [0.25, 0.3) is 0 Å². The minimum Gasteiger partial charge on any atom is -0.481 e. The van der Waals surface area contributed by atoms with E-state index >= 15 is 0 Å². The molecule has 14 heteroatoms. The fraction of sp³-hybridized carbons (Fsp3) is 0.759. The summed E-state index contributed by atoms with van der Waals surface area (Å²) in [4.78, 5) is 80.5. The standard InChI is InChI=1S/C29H49N3O11/c1-20(27(38)39)30-24(34)18-16-22(29(42)43)32-25(35)19-17-21(28(40)41)31-23(33)14-12-10-8-6-4-2-3-5-7-9-11-13-15-26(36)37/h20-22H,2-19H2,1H3,(H,30,34)(H,31,33)(H,32,35)(H,36,37)(H,38,39)(H,40,41)(H,42,43)/t20-,21-,22-/m0/s1. The lowest BCUT2D eigenvalue weighted by Crippen LogP contribution is -2.44. The molecule has 43 heavy (non-hydrogen) atoms. The van der Waals surface area contributed by atoms with Crippen molar-refractivity contribution in [3.63, 3.8) is 0 Å². The van der Waals surface area contributed by atoms with Crippen molar-refractivity contribution >= 4 is 41.6 Å². The van der Waals surface area contributed by atoms with Crippen LogP contribution in [0.5, 0.6) is 0 Å². The van der Waals surface area contributed by atoms with E-state index in [4.69, 9.17) is 10.2 Å². The van der Waals surface area contributed by atoms with Crippen molar-refractivity contribution in [2.75, 3.05) is 0 Å². The first-order valence-electron chi connectivity index (χ1n) is 15.1. The molecule has 7 N–H and O–H groups in total. The molecule has 3 atom stereocenters. The van der Waals surface area contributed by atoms with Gasteiger partial charge in [0.1, 0.15) is 18.1 Å². The number of carbonyl (C=O) groups is 7. The molecule has 0 radical (unpaired) electrons. The normalized spacial score (nSPS) is 12.9. The summed E-state index contributed by atoms with van der Waals surface area (Å²) in [5, 5.41) is 42.9. The minimum absolute atomic E-state index is 0.154. The van der Waals surface area contributed by atoms with Crippen molar-refractivity contribution < 1.29 is 54.0 Å². The van der Waals surface area contributed by atoms with Gasteiger partial charge in [-0.2, -0.15) is 0 Å². The van der Waals surface area contributed by atoms with Crippen LogP contribution in [-0.2, 0) is 33.6 Å². The second-order valence-electron chi connectivity index (χ2n) is 10.8. The molecule has 0 bridgehead atoms. The highest BCUT2D eigenvalue weighted by molar-refractivity contribution is 5.87. The van der Waals surface area contributed by atoms with E-state index in [2.05, 4.69) is 16.0 Å². The maximum absolute atomic E-state index is 12.2. The van der Waals surface area contributed by atoms with Gasteiger partial charge >= 0.3 is 23.9 Å². The van der Waals surface area contributed by atoms with Crippen LogP contribution >= 0.6 is 0 Å². The summed E-state index contributed by atoms with van der Waals surface area (Å²) in [6, 6.07) is -3.91. The van der Waals surface area contributed by atoms with Crippen LogP contribution in [0, 0.1) is 0 Å². The number of rotatable bonds is 27. The molecular formula is C29H49N3O11. The Morgan fingerprint density at radius 1 is 0.442 bits per heavy atom. The summed E-state index contributed by atoms with van der Waals surface area (Å²) in [7, 11) is 0. The summed E-state index contributed by atoms with van der Waals surface area (Å²) >= 11 is 0. The number of carbonyl (C=O) groups excluding carboxylic acids is 3. The average molecular weight is 616 g/mol. The Balaban J connectivity index is 4.14. The van der Waals surface area contributed by atoms with Crippen LogP contribution in [0.3, 0.4) is 0 Å². The molecule has 0 aliphatic carbocycles. The number of carboxylic acid groups (broad SMARTS) is 4. The van der Waals surface area contributed by atoms with Gasteiger partial charge in [-0.1, -0.05) is 64.2 Å². The number of nitrogens with one attached hydrogen (secondary N) is 3. The number of amides is 3. The number of carboxylic acids is 4. The lowest BCUT2D eigenvalue weighted by molar-refractivity contribution is -0.144. The Kier molecular flexibility index (Phi) is 21.8. The van der Waals surface area contributed by atoms with E-state index in [1.165, 1.54) is 6.92 Å². The van der Waals surface area contributed by atoms with Gasteiger partial charge in [0.15, 0.2) is 0 Å². The molecule has 0 aromatic rings. The molecule has 14 nitrogen and oxygen atoms in total. The van der Waals surface area contributed by atoms with Crippen LogP contribution in [-0.4, -0.2) is 80.2 Å². The van der Waals surface area contributed by atoms with Gasteiger partial charge in [-0.3, -0.25) is 24.0 Å². The first-order valence-corrected chi connectivity index (χ1v) is 15.1. The molecule has 0 heterocycles. The maximum atomic E-state index is 12.2. The van der Waals surface area contributed by atoms with E-state index in [-0.39, 0.29) is 38.5 Å². The predicted octanol–water partition coefficient (Wildman–Crippen LogP) is 2.82. The number of aliphatic carboxylic acids is 4. The topological polar surface area (TPSA) is 236 Å². The van der Waals surface area contributed by atoms with Crippen molar-refractivity contribution in [1.82, 2.24) is 16.0 Å². The maximum Gasteiger partial charge on any atom is 0.326 e. The summed E-state index contributed by atoms with van der Waals surface area (Å²) in [5.41, 5.74) is 0. The second-order valence-corrected chi connectivity index (χ2v) is 10.8. The van der Waals surface area contributed by atoms with Crippen molar-refractivity contribution in [2.45, 2.75) is 141 Å². The van der Waals surface area contributed by atoms with Gasteiger partial charge < -0.3 is 36.4 Å². The van der Waals surface area contributed by atoms with E-state index in [0.29, 0.717) is 6.42 Å². The molecule has 0 saturated heterocycles. The molecule has 0 spiro atoms. The molecule has 0 rings (SSSR count). The molecule has 0 unspecified atom stereocenters. The Bertz CT molecular complexity index is 910. The Labute approximate surface area is 252 Å². The van der Waals surface area contributed by atoms with Crippen LogP contribution in [0.4, 0.5) is 0 Å². The number of hydrogen-bond donors (Lipinski definition) is 7. The third kappa shape index (κ3) is 22.5. The van der Waals surface area contributed by atoms with Gasteiger partial charge in [-0.15, -0.1) is 0 Å². The third-order valence-electron chi connectivity index (χ3n) is 6.88. The fourth-order valence-electron chi connectivity index (χ4n) is 4.30. The Morgan fingerprint density at radius 3 is 1.12 bits per heavy atom. The molecule has 0 saturated carbocycles. The SMILES string of the molecule is C[C@H](NC(=O)CC[C@H](NC(=O)CC[C@H](NC(=O)CCCCCCCCCCCCCCC(=O)O)C(=O)O)C(=O)O)C(=O)O. The summed E-state index contributed by atoms with van der Waals surface area (Å²) < 4.78 is 0. The quantitative estimate of drug-likeness (QED) is 0.0663. The Hall–Kier alpha value is -3.71. The molecular weight excluding hydrogens is 566 g/mol. The molecule has 246 valence electrons. The zero-order valence-corrected chi connectivity index (χ0v) is 25.1. The average Bonchev–Trinajstić information content (AvgIpc) is 2.92. The second kappa shape index (κ2) is 23.8. The van der Waals surface area contributed by atoms with Crippen LogP contribution in [0.1, 0.15) is 122 Å². The van der Waals surface area contributed by atoms with Gasteiger partial charge in [0.2, 0.25) is 17.7 Å². The number of unbranched alkanes of at least 4 members (excludes halogenated alkanes) is 11. The van der Waals surface area contributed by atoms with Gasteiger partial charge in [-0.25, -0.2) is 9.59 Å². The molecule has 0 aromatic heterocycles. The molecule has 3 amide bonds. The van der Waals surface area contributed by atoms with E-state index in [0.717, 1.165) is 70.6 Å². The summed E-state index contributed by atoms with van der Waals surface area (Å²) in [6.07, 6.45) is 11.0. The minimum atomic E-state index is -1.43. The molecule has 0 aliphatic heterocycles. The van der Waals surface area contributed by atoms with E-state index < -0.39 is 59.7 Å². The third-order valence-corrected chi connectivity index (χ3v) is 6.88. The monoisotopic (exact) mass is 615 g/mol. The zero-order valence-electron chi connectivity index (χ0n) is 25.1. The largest absolute Gasteiger partial charge is 0.481 e. The molecule has 0 aromatic carbocycles. The highest BCUT2D eigenvalue weighted by Gasteiger charge is 2.25. The Morgan fingerprint density at radius 2 is 0.767 bits per heavy atom. The summed E-state index contributed by atoms with van der Waals surface area (Å²) in [5.74, 6) is -6.62. The lowest BCUT2D eigenvalue weighted by atomic mass is 10.0. The van der Waals surface area contributed by atoms with Gasteiger partial charge in [-0.05, 0) is 32.6 Å². The highest BCUT2D eigenvalue weighted by atomic mass is 16.4. The van der Waals surface area contributed by atoms with Crippen molar-refractivity contribution in [3.05, 3.63) is 0 Å².